The van der Waals surface area contributed by atoms with Gasteiger partial charge in [0.25, 0.3) is 0 Å². The van der Waals surface area contributed by atoms with Crippen LogP contribution in [0.3, 0.4) is 0 Å². The van der Waals surface area contributed by atoms with Gasteiger partial charge in [0.2, 0.25) is 5.95 Å². The van der Waals surface area contributed by atoms with Crippen molar-refractivity contribution in [1.82, 2.24) is 9.97 Å². The normalized spacial score (nSPS) is 16.6. The molecule has 2 N–H and O–H groups in total. The van der Waals surface area contributed by atoms with Crippen molar-refractivity contribution in [2.75, 3.05) is 36.9 Å². The third-order valence-corrected chi connectivity index (χ3v) is 3.54. The van der Waals surface area contributed by atoms with E-state index in [-0.39, 0.29) is 0 Å². The van der Waals surface area contributed by atoms with Gasteiger partial charge in [0.15, 0.2) is 0 Å². The van der Waals surface area contributed by atoms with Gasteiger partial charge in [0, 0.05) is 13.1 Å². The number of hydrogen-bond acceptors (Lipinski definition) is 5. The van der Waals surface area contributed by atoms with E-state index >= 15 is 0 Å². The highest BCUT2D eigenvalue weighted by Gasteiger charge is 2.18. The Bertz CT molecular complexity index is 405. The second kappa shape index (κ2) is 5.18. The quantitative estimate of drug-likeness (QED) is 0.902. The summed E-state index contributed by atoms with van der Waals surface area (Å²) in [6.45, 7) is 7.26. The molecule has 0 amide bonds. The molecule has 2 heterocycles. The first-order chi connectivity index (χ1) is 8.09. The number of aromatic nitrogens is 2. The molecular formula is C11H17BrN4O. The molecule has 1 aromatic rings. The van der Waals surface area contributed by atoms with Crippen molar-refractivity contribution < 1.29 is 4.74 Å². The van der Waals surface area contributed by atoms with E-state index in [1.165, 1.54) is 0 Å². The topological polar surface area (TPSA) is 64.3 Å². The van der Waals surface area contributed by atoms with Gasteiger partial charge in [-0.15, -0.1) is 0 Å². The molecule has 0 aliphatic carbocycles. The fourth-order valence-electron chi connectivity index (χ4n) is 1.76. The van der Waals surface area contributed by atoms with E-state index in [0.29, 0.717) is 17.7 Å². The first-order valence-corrected chi connectivity index (χ1v) is 6.54. The Kier molecular flexibility index (Phi) is 3.83. The van der Waals surface area contributed by atoms with Gasteiger partial charge < -0.3 is 15.4 Å². The summed E-state index contributed by atoms with van der Waals surface area (Å²) in [7, 11) is 0. The second-order valence-electron chi connectivity index (χ2n) is 4.36. The number of nitrogen functional groups attached to an aromatic ring is 1. The highest BCUT2D eigenvalue weighted by atomic mass is 79.9. The van der Waals surface area contributed by atoms with Gasteiger partial charge in [-0.3, -0.25) is 0 Å². The number of nitrogens with two attached hydrogens (primary N) is 1. The zero-order chi connectivity index (χ0) is 12.4. The first-order valence-electron chi connectivity index (χ1n) is 5.75. The number of morpholine rings is 1. The summed E-state index contributed by atoms with van der Waals surface area (Å²) in [4.78, 5) is 11.0. The minimum atomic E-state index is 0.314. The minimum absolute atomic E-state index is 0.314. The van der Waals surface area contributed by atoms with E-state index in [4.69, 9.17) is 10.5 Å². The molecule has 1 fully saturated rings. The summed E-state index contributed by atoms with van der Waals surface area (Å²) in [5, 5.41) is 0. The van der Waals surface area contributed by atoms with Crippen LogP contribution in [0.25, 0.3) is 0 Å². The molecule has 6 heteroatoms. The summed E-state index contributed by atoms with van der Waals surface area (Å²) < 4.78 is 6.12. The lowest BCUT2D eigenvalue weighted by Gasteiger charge is -2.27. The van der Waals surface area contributed by atoms with Gasteiger partial charge in [-0.2, -0.15) is 4.98 Å². The van der Waals surface area contributed by atoms with Crippen LogP contribution in [0.5, 0.6) is 0 Å². The highest BCUT2D eigenvalue weighted by Crippen LogP contribution is 2.29. The van der Waals surface area contributed by atoms with Crippen LogP contribution in [-0.2, 0) is 4.74 Å². The predicted molar refractivity (Wildman–Crippen MR) is 71.3 cm³/mol. The van der Waals surface area contributed by atoms with E-state index in [9.17, 15) is 0 Å². The molecule has 94 valence electrons. The molecule has 0 unspecified atom stereocenters. The SMILES string of the molecule is CC(C)c1nc(N2CCOCC2)nc(N)c1Br. The molecule has 0 saturated carbocycles. The zero-order valence-electron chi connectivity index (χ0n) is 10.1. The van der Waals surface area contributed by atoms with E-state index in [1.54, 1.807) is 0 Å². The second-order valence-corrected chi connectivity index (χ2v) is 5.16. The van der Waals surface area contributed by atoms with Crippen LogP contribution in [0.2, 0.25) is 0 Å². The van der Waals surface area contributed by atoms with Crippen molar-refractivity contribution >= 4 is 27.7 Å². The fraction of sp³-hybridized carbons (Fsp3) is 0.636. The van der Waals surface area contributed by atoms with E-state index < -0.39 is 0 Å². The molecule has 1 aliphatic rings. The van der Waals surface area contributed by atoms with Gasteiger partial charge in [0.05, 0.1) is 23.4 Å². The van der Waals surface area contributed by atoms with Crippen molar-refractivity contribution in [2.45, 2.75) is 19.8 Å². The maximum Gasteiger partial charge on any atom is 0.227 e. The van der Waals surface area contributed by atoms with Crippen molar-refractivity contribution in [1.29, 1.82) is 0 Å². The third kappa shape index (κ3) is 2.69. The number of nitrogens with zero attached hydrogens (tertiary/aromatic N) is 3. The standard InChI is InChI=1S/C11H17BrN4O/c1-7(2)9-8(12)10(13)15-11(14-9)16-3-5-17-6-4-16/h7H,3-6H2,1-2H3,(H2,13,14,15). The molecule has 0 aromatic carbocycles. The first kappa shape index (κ1) is 12.6. The lowest BCUT2D eigenvalue weighted by molar-refractivity contribution is 0.122. The van der Waals surface area contributed by atoms with Gasteiger partial charge in [-0.1, -0.05) is 13.8 Å². The lowest BCUT2D eigenvalue weighted by atomic mass is 10.1. The Morgan fingerprint density at radius 2 is 1.94 bits per heavy atom. The van der Waals surface area contributed by atoms with Gasteiger partial charge >= 0.3 is 0 Å². The number of anilines is 2. The molecule has 1 saturated heterocycles. The molecule has 0 spiro atoms. The largest absolute Gasteiger partial charge is 0.383 e. The van der Waals surface area contributed by atoms with Crippen LogP contribution < -0.4 is 10.6 Å². The van der Waals surface area contributed by atoms with Crippen LogP contribution in [0.4, 0.5) is 11.8 Å². The smallest absolute Gasteiger partial charge is 0.227 e. The summed E-state index contributed by atoms with van der Waals surface area (Å²) in [6.07, 6.45) is 0. The molecule has 1 aliphatic heterocycles. The summed E-state index contributed by atoms with van der Waals surface area (Å²) in [5.74, 6) is 1.53. The van der Waals surface area contributed by atoms with Crippen LogP contribution in [0, 0.1) is 0 Å². The predicted octanol–water partition coefficient (Wildman–Crippen LogP) is 1.78. The Morgan fingerprint density at radius 1 is 1.29 bits per heavy atom. The molecule has 17 heavy (non-hydrogen) atoms. The summed E-state index contributed by atoms with van der Waals surface area (Å²) in [5.41, 5.74) is 6.87. The van der Waals surface area contributed by atoms with Gasteiger partial charge in [-0.25, -0.2) is 4.98 Å². The maximum absolute atomic E-state index is 5.91. The van der Waals surface area contributed by atoms with Gasteiger partial charge in [-0.05, 0) is 21.8 Å². The number of halogens is 1. The third-order valence-electron chi connectivity index (χ3n) is 2.73. The van der Waals surface area contributed by atoms with E-state index in [0.717, 1.165) is 36.5 Å². The molecule has 0 bridgehead atoms. The van der Waals surface area contributed by atoms with Crippen LogP contribution in [0.15, 0.2) is 4.47 Å². The number of rotatable bonds is 2. The van der Waals surface area contributed by atoms with Gasteiger partial charge in [0.1, 0.15) is 5.82 Å². The van der Waals surface area contributed by atoms with E-state index in [2.05, 4.69) is 44.6 Å². The summed E-state index contributed by atoms with van der Waals surface area (Å²) in [6, 6.07) is 0. The Morgan fingerprint density at radius 3 is 2.53 bits per heavy atom. The van der Waals surface area contributed by atoms with Crippen molar-refractivity contribution in [3.8, 4) is 0 Å². The van der Waals surface area contributed by atoms with Crippen molar-refractivity contribution in [3.05, 3.63) is 10.2 Å². The molecule has 0 atom stereocenters. The van der Waals surface area contributed by atoms with Crippen molar-refractivity contribution in [2.24, 2.45) is 0 Å². The maximum atomic E-state index is 5.91. The fourth-order valence-corrected chi connectivity index (χ4v) is 2.39. The Hall–Kier alpha value is -0.880. The van der Waals surface area contributed by atoms with Crippen LogP contribution in [-0.4, -0.2) is 36.3 Å². The molecular weight excluding hydrogens is 284 g/mol. The zero-order valence-corrected chi connectivity index (χ0v) is 11.7. The Balaban J connectivity index is 2.34. The molecule has 2 rings (SSSR count). The average Bonchev–Trinajstić information content (AvgIpc) is 2.33. The van der Waals surface area contributed by atoms with Crippen LogP contribution >= 0.6 is 15.9 Å². The minimum Gasteiger partial charge on any atom is -0.383 e. The number of hydrogen-bond donors (Lipinski definition) is 1. The lowest BCUT2D eigenvalue weighted by Crippen LogP contribution is -2.37. The highest BCUT2D eigenvalue weighted by molar-refractivity contribution is 9.10. The molecule has 1 aromatic heterocycles. The monoisotopic (exact) mass is 300 g/mol. The van der Waals surface area contributed by atoms with E-state index in [1.807, 2.05) is 0 Å². The summed E-state index contributed by atoms with van der Waals surface area (Å²) >= 11 is 3.45. The molecule has 5 nitrogen and oxygen atoms in total. The van der Waals surface area contributed by atoms with Crippen molar-refractivity contribution in [3.63, 3.8) is 0 Å². The molecule has 0 radical (unpaired) electrons. The number of ether oxygens (including phenoxy) is 1. The average molecular weight is 301 g/mol. The van der Waals surface area contributed by atoms with Crippen LogP contribution in [0.1, 0.15) is 25.5 Å². The Labute approximate surface area is 110 Å².